The van der Waals surface area contributed by atoms with Gasteiger partial charge in [0, 0.05) is 31.2 Å². The molecule has 4 heteroatoms. The molecule has 100 valence electrons. The minimum atomic E-state index is -0.180. The van der Waals surface area contributed by atoms with Crippen molar-refractivity contribution in [1.29, 1.82) is 0 Å². The lowest BCUT2D eigenvalue weighted by molar-refractivity contribution is 0.153. The van der Waals surface area contributed by atoms with Crippen molar-refractivity contribution in [2.75, 3.05) is 39.8 Å². The summed E-state index contributed by atoms with van der Waals surface area (Å²) in [6.07, 6.45) is 1.79. The number of hydrogen-bond donors (Lipinski definition) is 0. The highest BCUT2D eigenvalue weighted by Crippen LogP contribution is 2.16. The van der Waals surface area contributed by atoms with Gasteiger partial charge in [-0.3, -0.25) is 0 Å². The zero-order valence-corrected chi connectivity index (χ0v) is 11.6. The lowest BCUT2D eigenvalue weighted by Crippen LogP contribution is -2.44. The minimum absolute atomic E-state index is 0.180. The smallest absolute Gasteiger partial charge is 0.127 e. The summed E-state index contributed by atoms with van der Waals surface area (Å²) in [5.41, 5.74) is 0.772. The van der Waals surface area contributed by atoms with Crippen molar-refractivity contribution in [2.24, 2.45) is 0 Å². The summed E-state index contributed by atoms with van der Waals surface area (Å²) < 4.78 is 13.6. The molecule has 0 unspecified atom stereocenters. The van der Waals surface area contributed by atoms with Crippen LogP contribution in [0.25, 0.3) is 0 Å². The maximum absolute atomic E-state index is 13.6. The molecule has 0 aliphatic carbocycles. The van der Waals surface area contributed by atoms with E-state index >= 15 is 0 Å². The molecule has 0 radical (unpaired) electrons. The van der Waals surface area contributed by atoms with E-state index in [0.29, 0.717) is 5.02 Å². The van der Waals surface area contributed by atoms with E-state index in [2.05, 4.69) is 16.8 Å². The SMILES string of the molecule is CN1CCN(CCCc2ccc(Cl)cc2F)CC1. The predicted octanol–water partition coefficient (Wildman–Crippen LogP) is 2.66. The Morgan fingerprint density at radius 3 is 2.61 bits per heavy atom. The summed E-state index contributed by atoms with van der Waals surface area (Å²) in [6, 6.07) is 4.95. The number of benzene rings is 1. The van der Waals surface area contributed by atoms with Crippen molar-refractivity contribution < 1.29 is 4.39 Å². The molecule has 0 spiro atoms. The first-order chi connectivity index (χ1) is 8.65. The second kappa shape index (κ2) is 6.50. The Balaban J connectivity index is 1.75. The monoisotopic (exact) mass is 270 g/mol. The van der Waals surface area contributed by atoms with Crippen LogP contribution in [0.5, 0.6) is 0 Å². The summed E-state index contributed by atoms with van der Waals surface area (Å²) in [5, 5.41) is 0.468. The van der Waals surface area contributed by atoms with E-state index in [4.69, 9.17) is 11.6 Å². The van der Waals surface area contributed by atoms with E-state index < -0.39 is 0 Å². The second-order valence-electron chi connectivity index (χ2n) is 4.98. The fourth-order valence-electron chi connectivity index (χ4n) is 2.29. The molecule has 0 aromatic heterocycles. The first kappa shape index (κ1) is 13.8. The van der Waals surface area contributed by atoms with E-state index in [1.54, 1.807) is 12.1 Å². The van der Waals surface area contributed by atoms with E-state index in [0.717, 1.165) is 51.1 Å². The molecule has 1 heterocycles. The van der Waals surface area contributed by atoms with Crippen LogP contribution in [-0.2, 0) is 6.42 Å². The molecule has 0 N–H and O–H groups in total. The van der Waals surface area contributed by atoms with Crippen molar-refractivity contribution >= 4 is 11.6 Å². The quantitative estimate of drug-likeness (QED) is 0.830. The Hall–Kier alpha value is -0.640. The van der Waals surface area contributed by atoms with Gasteiger partial charge in [0.15, 0.2) is 0 Å². The van der Waals surface area contributed by atoms with Crippen LogP contribution >= 0.6 is 11.6 Å². The Kier molecular flexibility index (Phi) is 4.98. The van der Waals surface area contributed by atoms with Crippen molar-refractivity contribution in [1.82, 2.24) is 9.80 Å². The van der Waals surface area contributed by atoms with Gasteiger partial charge in [0.2, 0.25) is 0 Å². The first-order valence-electron chi connectivity index (χ1n) is 6.50. The van der Waals surface area contributed by atoms with Crippen LogP contribution in [0.4, 0.5) is 4.39 Å². The lowest BCUT2D eigenvalue weighted by atomic mass is 10.1. The molecule has 1 aromatic carbocycles. The van der Waals surface area contributed by atoms with Gasteiger partial charge >= 0.3 is 0 Å². The Labute approximate surface area is 113 Å². The van der Waals surface area contributed by atoms with Crippen LogP contribution in [-0.4, -0.2) is 49.6 Å². The van der Waals surface area contributed by atoms with Crippen LogP contribution in [0.15, 0.2) is 18.2 Å². The third-order valence-corrected chi connectivity index (χ3v) is 3.77. The molecule has 0 atom stereocenters. The molecule has 1 aromatic rings. The summed E-state index contributed by atoms with van der Waals surface area (Å²) >= 11 is 5.73. The third-order valence-electron chi connectivity index (χ3n) is 3.53. The fourth-order valence-corrected chi connectivity index (χ4v) is 2.45. The highest BCUT2D eigenvalue weighted by Gasteiger charge is 2.13. The molecule has 2 rings (SSSR count). The van der Waals surface area contributed by atoms with E-state index in [1.165, 1.54) is 6.07 Å². The maximum Gasteiger partial charge on any atom is 0.127 e. The predicted molar refractivity (Wildman–Crippen MR) is 73.7 cm³/mol. The molecule has 1 fully saturated rings. The number of halogens is 2. The van der Waals surface area contributed by atoms with Crippen molar-refractivity contribution in [3.8, 4) is 0 Å². The number of likely N-dealkylation sites (N-methyl/N-ethyl adjacent to an activating group) is 1. The molecule has 18 heavy (non-hydrogen) atoms. The fraction of sp³-hybridized carbons (Fsp3) is 0.571. The van der Waals surface area contributed by atoms with Crippen LogP contribution in [0, 0.1) is 5.82 Å². The highest BCUT2D eigenvalue weighted by molar-refractivity contribution is 6.30. The summed E-state index contributed by atoms with van der Waals surface area (Å²) in [6.45, 7) is 5.57. The van der Waals surface area contributed by atoms with E-state index in [-0.39, 0.29) is 5.82 Å². The van der Waals surface area contributed by atoms with Crippen molar-refractivity contribution in [3.63, 3.8) is 0 Å². The number of rotatable bonds is 4. The maximum atomic E-state index is 13.6. The molecule has 1 aliphatic heterocycles. The molecule has 0 bridgehead atoms. The molecule has 2 nitrogen and oxygen atoms in total. The topological polar surface area (TPSA) is 6.48 Å². The lowest BCUT2D eigenvalue weighted by Gasteiger charge is -2.32. The minimum Gasteiger partial charge on any atom is -0.304 e. The van der Waals surface area contributed by atoms with Crippen LogP contribution in [0.2, 0.25) is 5.02 Å². The molecule has 0 saturated carbocycles. The molecular formula is C14H20ClFN2. The summed E-state index contributed by atoms with van der Waals surface area (Å²) in [4.78, 5) is 4.79. The van der Waals surface area contributed by atoms with Crippen LogP contribution in [0.3, 0.4) is 0 Å². The van der Waals surface area contributed by atoms with Gasteiger partial charge < -0.3 is 9.80 Å². The van der Waals surface area contributed by atoms with Crippen LogP contribution in [0.1, 0.15) is 12.0 Å². The number of piperazine rings is 1. The average molecular weight is 271 g/mol. The molecule has 0 amide bonds. The molecular weight excluding hydrogens is 251 g/mol. The first-order valence-corrected chi connectivity index (χ1v) is 6.88. The van der Waals surface area contributed by atoms with Gasteiger partial charge in [-0.05, 0) is 44.1 Å². The Morgan fingerprint density at radius 1 is 1.22 bits per heavy atom. The Morgan fingerprint density at radius 2 is 1.94 bits per heavy atom. The number of aryl methyl sites for hydroxylation is 1. The molecule has 1 aliphatic rings. The number of nitrogens with zero attached hydrogens (tertiary/aromatic N) is 2. The average Bonchev–Trinajstić information content (AvgIpc) is 2.34. The van der Waals surface area contributed by atoms with Crippen molar-refractivity contribution in [2.45, 2.75) is 12.8 Å². The van der Waals surface area contributed by atoms with E-state index in [9.17, 15) is 4.39 Å². The van der Waals surface area contributed by atoms with Gasteiger partial charge in [0.1, 0.15) is 5.82 Å². The summed E-state index contributed by atoms with van der Waals surface area (Å²) in [7, 11) is 2.15. The zero-order valence-electron chi connectivity index (χ0n) is 10.8. The normalized spacial score (nSPS) is 18.2. The standard InChI is InChI=1S/C14H20ClFN2/c1-17-7-9-18(10-8-17)6-2-3-12-4-5-13(15)11-14(12)16/h4-5,11H,2-3,6-10H2,1H3. The Bertz CT molecular complexity index is 389. The van der Waals surface area contributed by atoms with Gasteiger partial charge in [0.05, 0.1) is 0 Å². The van der Waals surface area contributed by atoms with Gasteiger partial charge in [-0.15, -0.1) is 0 Å². The zero-order chi connectivity index (χ0) is 13.0. The number of hydrogen-bond acceptors (Lipinski definition) is 2. The van der Waals surface area contributed by atoms with Gasteiger partial charge in [-0.1, -0.05) is 17.7 Å². The third kappa shape index (κ3) is 3.94. The van der Waals surface area contributed by atoms with Gasteiger partial charge in [-0.2, -0.15) is 0 Å². The summed E-state index contributed by atoms with van der Waals surface area (Å²) in [5.74, 6) is -0.180. The molecule has 1 saturated heterocycles. The van der Waals surface area contributed by atoms with Crippen molar-refractivity contribution in [3.05, 3.63) is 34.6 Å². The largest absolute Gasteiger partial charge is 0.304 e. The van der Waals surface area contributed by atoms with Gasteiger partial charge in [-0.25, -0.2) is 4.39 Å². The van der Waals surface area contributed by atoms with Gasteiger partial charge in [0.25, 0.3) is 0 Å². The van der Waals surface area contributed by atoms with Crippen LogP contribution < -0.4 is 0 Å². The highest BCUT2D eigenvalue weighted by atomic mass is 35.5. The second-order valence-corrected chi connectivity index (χ2v) is 5.42. The van der Waals surface area contributed by atoms with E-state index in [1.807, 2.05) is 0 Å².